The third-order valence-electron chi connectivity index (χ3n) is 3.21. The average Bonchev–Trinajstić information content (AvgIpc) is 2.37. The Balaban J connectivity index is 2.70. The van der Waals surface area contributed by atoms with Gasteiger partial charge in [0.1, 0.15) is 5.75 Å². The van der Waals surface area contributed by atoms with Gasteiger partial charge in [-0.25, -0.2) is 0 Å². The summed E-state index contributed by atoms with van der Waals surface area (Å²) >= 11 is 0. The molecule has 0 heterocycles. The number of methoxy groups -OCH3 is 1. The van der Waals surface area contributed by atoms with E-state index in [-0.39, 0.29) is 12.0 Å². The first-order chi connectivity index (χ1) is 8.08. The molecule has 0 aliphatic heterocycles. The van der Waals surface area contributed by atoms with Crippen molar-refractivity contribution in [1.82, 2.24) is 0 Å². The van der Waals surface area contributed by atoms with Gasteiger partial charge in [-0.3, -0.25) is 0 Å². The number of benzene rings is 2. The van der Waals surface area contributed by atoms with E-state index in [1.165, 1.54) is 5.39 Å². The Kier molecular flexibility index (Phi) is 3.07. The van der Waals surface area contributed by atoms with Crippen molar-refractivity contribution in [2.45, 2.75) is 19.3 Å². The van der Waals surface area contributed by atoms with Crippen LogP contribution in [0.15, 0.2) is 36.4 Å². The Labute approximate surface area is 102 Å². The molecule has 0 aliphatic carbocycles. The van der Waals surface area contributed by atoms with Gasteiger partial charge in [0.2, 0.25) is 0 Å². The van der Waals surface area contributed by atoms with Gasteiger partial charge in [-0.2, -0.15) is 0 Å². The first-order valence-corrected chi connectivity index (χ1v) is 5.76. The van der Waals surface area contributed by atoms with Crippen LogP contribution >= 0.6 is 0 Å². The molecule has 2 rings (SSSR count). The molecule has 0 bridgehead atoms. The van der Waals surface area contributed by atoms with Gasteiger partial charge in [0.15, 0.2) is 0 Å². The predicted molar refractivity (Wildman–Crippen MR) is 70.6 cm³/mol. The highest BCUT2D eigenvalue weighted by Gasteiger charge is 2.21. The van der Waals surface area contributed by atoms with E-state index >= 15 is 0 Å². The number of rotatable bonds is 3. The lowest BCUT2D eigenvalue weighted by atomic mass is 9.82. The van der Waals surface area contributed by atoms with Crippen molar-refractivity contribution in [2.75, 3.05) is 13.7 Å². The number of hydrogen-bond donors (Lipinski definition) is 1. The molecule has 0 unspecified atom stereocenters. The fraction of sp³-hybridized carbons (Fsp3) is 0.333. The molecule has 2 aromatic carbocycles. The summed E-state index contributed by atoms with van der Waals surface area (Å²) < 4.78 is 5.26. The van der Waals surface area contributed by atoms with Gasteiger partial charge in [0.05, 0.1) is 13.7 Å². The molecule has 0 aliphatic rings. The van der Waals surface area contributed by atoms with Crippen molar-refractivity contribution in [3.05, 3.63) is 42.0 Å². The summed E-state index contributed by atoms with van der Waals surface area (Å²) in [6.07, 6.45) is 0. The lowest BCUT2D eigenvalue weighted by Crippen LogP contribution is -2.22. The standard InChI is InChI=1S/C15H18O2/c1-15(2,10-16)14-6-4-5-11-7-8-12(17-3)9-13(11)14/h4-9,16H,10H2,1-3H3. The number of aliphatic hydroxyl groups is 1. The average molecular weight is 230 g/mol. The Hall–Kier alpha value is -1.54. The Morgan fingerprint density at radius 1 is 1.18 bits per heavy atom. The smallest absolute Gasteiger partial charge is 0.119 e. The van der Waals surface area contributed by atoms with Gasteiger partial charge < -0.3 is 9.84 Å². The molecule has 0 fully saturated rings. The van der Waals surface area contributed by atoms with Crippen molar-refractivity contribution in [3.8, 4) is 5.75 Å². The van der Waals surface area contributed by atoms with E-state index in [9.17, 15) is 5.11 Å². The minimum absolute atomic E-state index is 0.128. The van der Waals surface area contributed by atoms with Crippen LogP contribution in [-0.4, -0.2) is 18.8 Å². The maximum absolute atomic E-state index is 9.50. The monoisotopic (exact) mass is 230 g/mol. The van der Waals surface area contributed by atoms with Gasteiger partial charge in [-0.1, -0.05) is 38.1 Å². The van der Waals surface area contributed by atoms with Crippen LogP contribution in [0.25, 0.3) is 10.8 Å². The molecule has 17 heavy (non-hydrogen) atoms. The van der Waals surface area contributed by atoms with Crippen LogP contribution in [0.3, 0.4) is 0 Å². The topological polar surface area (TPSA) is 29.5 Å². The number of aliphatic hydroxyl groups excluding tert-OH is 1. The molecular formula is C15H18O2. The fourth-order valence-corrected chi connectivity index (χ4v) is 2.05. The Morgan fingerprint density at radius 2 is 1.94 bits per heavy atom. The van der Waals surface area contributed by atoms with Crippen LogP contribution in [0.1, 0.15) is 19.4 Å². The van der Waals surface area contributed by atoms with Gasteiger partial charge in [0, 0.05) is 5.41 Å². The molecule has 2 nitrogen and oxygen atoms in total. The summed E-state index contributed by atoms with van der Waals surface area (Å²) in [5.74, 6) is 0.846. The molecule has 0 saturated carbocycles. The summed E-state index contributed by atoms with van der Waals surface area (Å²) in [5, 5.41) is 11.8. The van der Waals surface area contributed by atoms with Crippen LogP contribution in [0.2, 0.25) is 0 Å². The second kappa shape index (κ2) is 4.38. The number of hydrogen-bond acceptors (Lipinski definition) is 2. The van der Waals surface area contributed by atoms with Crippen LogP contribution in [0, 0.1) is 0 Å². The lowest BCUT2D eigenvalue weighted by molar-refractivity contribution is 0.219. The highest BCUT2D eigenvalue weighted by Crippen LogP contribution is 2.32. The zero-order valence-electron chi connectivity index (χ0n) is 10.5. The van der Waals surface area contributed by atoms with E-state index in [0.29, 0.717) is 0 Å². The minimum atomic E-state index is -0.244. The molecule has 0 saturated heterocycles. The van der Waals surface area contributed by atoms with Crippen molar-refractivity contribution in [3.63, 3.8) is 0 Å². The number of fused-ring (bicyclic) bond motifs is 1. The minimum Gasteiger partial charge on any atom is -0.497 e. The summed E-state index contributed by atoms with van der Waals surface area (Å²) in [4.78, 5) is 0. The third-order valence-corrected chi connectivity index (χ3v) is 3.21. The van der Waals surface area contributed by atoms with Gasteiger partial charge >= 0.3 is 0 Å². The second-order valence-corrected chi connectivity index (χ2v) is 4.93. The Morgan fingerprint density at radius 3 is 2.59 bits per heavy atom. The predicted octanol–water partition coefficient (Wildman–Crippen LogP) is 3.12. The summed E-state index contributed by atoms with van der Waals surface area (Å²) in [6.45, 7) is 4.21. The molecule has 0 radical (unpaired) electrons. The van der Waals surface area contributed by atoms with Crippen molar-refractivity contribution >= 4 is 10.8 Å². The summed E-state index contributed by atoms with van der Waals surface area (Å²) in [5.41, 5.74) is 0.905. The molecule has 0 atom stereocenters. The van der Waals surface area contributed by atoms with Crippen molar-refractivity contribution < 1.29 is 9.84 Å². The maximum Gasteiger partial charge on any atom is 0.119 e. The molecule has 1 N–H and O–H groups in total. The molecular weight excluding hydrogens is 212 g/mol. The van der Waals surface area contributed by atoms with Gasteiger partial charge in [-0.15, -0.1) is 0 Å². The SMILES string of the molecule is COc1ccc2cccc(C(C)(C)CO)c2c1. The van der Waals surface area contributed by atoms with Crippen molar-refractivity contribution in [2.24, 2.45) is 0 Å². The van der Waals surface area contributed by atoms with E-state index < -0.39 is 0 Å². The Bertz CT molecular complexity index is 529. The van der Waals surface area contributed by atoms with Crippen LogP contribution < -0.4 is 4.74 Å². The van der Waals surface area contributed by atoms with E-state index in [0.717, 1.165) is 16.7 Å². The number of ether oxygens (including phenoxy) is 1. The van der Waals surface area contributed by atoms with E-state index in [2.05, 4.69) is 12.1 Å². The first kappa shape index (κ1) is 11.9. The zero-order valence-corrected chi connectivity index (χ0v) is 10.5. The van der Waals surface area contributed by atoms with E-state index in [4.69, 9.17) is 4.74 Å². The second-order valence-electron chi connectivity index (χ2n) is 4.93. The molecule has 2 aromatic rings. The van der Waals surface area contributed by atoms with E-state index in [1.54, 1.807) is 7.11 Å². The fourth-order valence-electron chi connectivity index (χ4n) is 2.05. The highest BCUT2D eigenvalue weighted by atomic mass is 16.5. The summed E-state index contributed by atoms with van der Waals surface area (Å²) in [7, 11) is 1.67. The largest absolute Gasteiger partial charge is 0.497 e. The van der Waals surface area contributed by atoms with Gasteiger partial charge in [-0.05, 0) is 28.5 Å². The molecule has 0 aromatic heterocycles. The molecule has 2 heteroatoms. The lowest BCUT2D eigenvalue weighted by Gasteiger charge is -2.24. The molecule has 0 spiro atoms. The molecule has 0 amide bonds. The van der Waals surface area contributed by atoms with Crippen molar-refractivity contribution in [1.29, 1.82) is 0 Å². The molecule has 90 valence electrons. The normalized spacial score (nSPS) is 11.8. The summed E-state index contributed by atoms with van der Waals surface area (Å²) in [6, 6.07) is 12.2. The quantitative estimate of drug-likeness (QED) is 0.877. The van der Waals surface area contributed by atoms with Gasteiger partial charge in [0.25, 0.3) is 0 Å². The van der Waals surface area contributed by atoms with E-state index in [1.807, 2.05) is 38.1 Å². The zero-order chi connectivity index (χ0) is 12.5. The van der Waals surface area contributed by atoms with Crippen LogP contribution in [0.4, 0.5) is 0 Å². The third kappa shape index (κ3) is 2.13. The van der Waals surface area contributed by atoms with Crippen LogP contribution in [-0.2, 0) is 5.41 Å². The highest BCUT2D eigenvalue weighted by molar-refractivity contribution is 5.88. The van der Waals surface area contributed by atoms with Crippen LogP contribution in [0.5, 0.6) is 5.75 Å². The maximum atomic E-state index is 9.50. The first-order valence-electron chi connectivity index (χ1n) is 5.76.